The Bertz CT molecular complexity index is 1450. The number of nitrogens with one attached hydrogen (secondary N) is 2. The zero-order chi connectivity index (χ0) is 34.0. The first-order chi connectivity index (χ1) is 22.3. The van der Waals surface area contributed by atoms with Crippen molar-refractivity contribution in [2.45, 2.75) is 37.5 Å². The largest absolute Gasteiger partial charge is 0.457 e. The smallest absolute Gasteiger partial charge is 0.389 e. The maximum absolute atomic E-state index is 13.1. The number of benzene rings is 3. The van der Waals surface area contributed by atoms with Crippen LogP contribution in [0.5, 0.6) is 11.5 Å². The van der Waals surface area contributed by atoms with Crippen LogP contribution >= 0.6 is 11.6 Å². The number of anilines is 1. The van der Waals surface area contributed by atoms with Gasteiger partial charge in [0.25, 0.3) is 0 Å². The lowest BCUT2D eigenvalue weighted by Crippen LogP contribution is -2.50. The summed E-state index contributed by atoms with van der Waals surface area (Å²) in [5, 5.41) is 5.96. The van der Waals surface area contributed by atoms with Crippen LogP contribution in [0.1, 0.15) is 29.9 Å². The summed E-state index contributed by atoms with van der Waals surface area (Å²) >= 11 is 6.25. The minimum absolute atomic E-state index is 0.00662. The molecule has 0 radical (unpaired) electrons. The molecule has 0 aliphatic carbocycles. The number of nitrogens with zero attached hydrogens (tertiary/aromatic N) is 2. The van der Waals surface area contributed by atoms with Gasteiger partial charge in [-0.2, -0.15) is 26.3 Å². The molecule has 4 rings (SSSR count). The topological polar surface area (TPSA) is 73.9 Å². The van der Waals surface area contributed by atoms with E-state index in [1.807, 2.05) is 30.3 Å². The van der Waals surface area contributed by atoms with Gasteiger partial charge in [0.15, 0.2) is 0 Å². The Labute approximate surface area is 273 Å². The second kappa shape index (κ2) is 16.2. The fourth-order valence-corrected chi connectivity index (χ4v) is 5.50. The molecule has 1 fully saturated rings. The monoisotopic (exact) mass is 684 g/mol. The second-order valence-electron chi connectivity index (χ2n) is 11.2. The van der Waals surface area contributed by atoms with Crippen molar-refractivity contribution in [2.24, 2.45) is 0 Å². The van der Waals surface area contributed by atoms with E-state index in [1.54, 1.807) is 34.1 Å². The Morgan fingerprint density at radius 1 is 0.872 bits per heavy atom. The van der Waals surface area contributed by atoms with E-state index >= 15 is 0 Å². The third-order valence-electron chi connectivity index (χ3n) is 7.53. The standard InChI is InChI=1S/C33H35ClF6N4O3/c34-29-18-24(25(19-32(35,36)37)20-33(38,39)40)7-6-23(29)12-13-42-30(45)21-44(22-31(46)43-16-14-41-15-17-43)26-8-10-28(11-9-26)47-27-4-2-1-3-5-27/h1-11,18,25,41H,12-17,19-22H2,(H,42,45). The molecule has 3 aromatic carbocycles. The highest BCUT2D eigenvalue weighted by atomic mass is 35.5. The average molecular weight is 685 g/mol. The van der Waals surface area contributed by atoms with E-state index in [4.69, 9.17) is 16.3 Å². The number of piperazine rings is 1. The van der Waals surface area contributed by atoms with Crippen molar-refractivity contribution < 1.29 is 40.7 Å². The minimum Gasteiger partial charge on any atom is -0.457 e. The van der Waals surface area contributed by atoms with Gasteiger partial charge in [0, 0.05) is 49.4 Å². The number of halogens is 7. The summed E-state index contributed by atoms with van der Waals surface area (Å²) in [5.74, 6) is -1.13. The average Bonchev–Trinajstić information content (AvgIpc) is 3.01. The van der Waals surface area contributed by atoms with Gasteiger partial charge in [-0.3, -0.25) is 9.59 Å². The SMILES string of the molecule is O=C(CN(CC(=O)N1CCNCC1)c1ccc(Oc2ccccc2)cc1)NCCc1ccc(C(CC(F)(F)F)CC(F)(F)F)cc1Cl. The molecule has 0 aromatic heterocycles. The molecular formula is C33H35ClF6N4O3. The van der Waals surface area contributed by atoms with Gasteiger partial charge in [-0.15, -0.1) is 0 Å². The van der Waals surface area contributed by atoms with Gasteiger partial charge in [-0.25, -0.2) is 0 Å². The molecule has 2 amide bonds. The van der Waals surface area contributed by atoms with Crippen LogP contribution in [-0.2, 0) is 16.0 Å². The van der Waals surface area contributed by atoms with E-state index < -0.39 is 37.0 Å². The molecule has 0 saturated carbocycles. The molecule has 0 spiro atoms. The molecule has 0 atom stereocenters. The van der Waals surface area contributed by atoms with Crippen LogP contribution in [-0.4, -0.2) is 74.9 Å². The zero-order valence-corrected chi connectivity index (χ0v) is 26.1. The van der Waals surface area contributed by atoms with Gasteiger partial charge in [0.2, 0.25) is 11.8 Å². The lowest BCUT2D eigenvalue weighted by Gasteiger charge is -2.31. The van der Waals surface area contributed by atoms with Crippen molar-refractivity contribution in [3.63, 3.8) is 0 Å². The molecule has 47 heavy (non-hydrogen) atoms. The molecule has 0 bridgehead atoms. The third kappa shape index (κ3) is 12.0. The summed E-state index contributed by atoms with van der Waals surface area (Å²) in [6, 6.07) is 19.9. The van der Waals surface area contributed by atoms with Crippen LogP contribution in [0.4, 0.5) is 32.0 Å². The Hall–Kier alpha value is -3.97. The molecule has 1 aliphatic heterocycles. The number of rotatable bonds is 13. The van der Waals surface area contributed by atoms with Crippen LogP contribution in [0, 0.1) is 0 Å². The van der Waals surface area contributed by atoms with Gasteiger partial charge in [-0.05, 0) is 60.0 Å². The number of carbonyl (C=O) groups is 2. The summed E-state index contributed by atoms with van der Waals surface area (Å²) in [4.78, 5) is 29.5. The van der Waals surface area contributed by atoms with E-state index in [2.05, 4.69) is 10.6 Å². The number of hydrogen-bond donors (Lipinski definition) is 2. The molecule has 1 heterocycles. The molecule has 7 nitrogen and oxygen atoms in total. The van der Waals surface area contributed by atoms with Gasteiger partial charge in [0.1, 0.15) is 11.5 Å². The summed E-state index contributed by atoms with van der Waals surface area (Å²) in [5.41, 5.74) is 0.908. The molecule has 2 N–H and O–H groups in total. The Morgan fingerprint density at radius 3 is 2.09 bits per heavy atom. The van der Waals surface area contributed by atoms with Crippen LogP contribution in [0.3, 0.4) is 0 Å². The van der Waals surface area contributed by atoms with Crippen molar-refractivity contribution >= 4 is 29.1 Å². The first-order valence-electron chi connectivity index (χ1n) is 15.0. The van der Waals surface area contributed by atoms with E-state index in [0.717, 1.165) is 6.07 Å². The number of alkyl halides is 6. The van der Waals surface area contributed by atoms with Crippen molar-refractivity contribution in [2.75, 3.05) is 50.7 Å². The highest BCUT2D eigenvalue weighted by Gasteiger charge is 2.39. The van der Waals surface area contributed by atoms with Crippen molar-refractivity contribution in [3.05, 3.63) is 88.9 Å². The van der Waals surface area contributed by atoms with Crippen molar-refractivity contribution in [1.29, 1.82) is 0 Å². The Balaban J connectivity index is 1.39. The normalized spacial score (nSPS) is 13.8. The Morgan fingerprint density at radius 2 is 1.49 bits per heavy atom. The van der Waals surface area contributed by atoms with E-state index in [9.17, 15) is 35.9 Å². The number of carbonyl (C=O) groups excluding carboxylic acids is 2. The maximum Gasteiger partial charge on any atom is 0.389 e. The predicted octanol–water partition coefficient (Wildman–Crippen LogP) is 6.72. The van der Waals surface area contributed by atoms with Gasteiger partial charge in [-0.1, -0.05) is 41.9 Å². The fraction of sp³-hybridized carbons (Fsp3) is 0.394. The molecule has 0 unspecified atom stereocenters. The highest BCUT2D eigenvalue weighted by Crippen LogP contribution is 2.40. The van der Waals surface area contributed by atoms with Gasteiger partial charge < -0.3 is 25.2 Å². The number of ether oxygens (including phenoxy) is 1. The van der Waals surface area contributed by atoms with Crippen molar-refractivity contribution in [3.8, 4) is 11.5 Å². The fourth-order valence-electron chi connectivity index (χ4n) is 5.22. The summed E-state index contributed by atoms with van der Waals surface area (Å²) in [6.45, 7) is 2.34. The first-order valence-corrected chi connectivity index (χ1v) is 15.4. The zero-order valence-electron chi connectivity index (χ0n) is 25.3. The first kappa shape index (κ1) is 35.9. The van der Waals surface area contributed by atoms with E-state index in [1.165, 1.54) is 12.1 Å². The van der Waals surface area contributed by atoms with Crippen LogP contribution in [0.15, 0.2) is 72.8 Å². The maximum atomic E-state index is 13.1. The molecule has 1 aliphatic rings. The van der Waals surface area contributed by atoms with Gasteiger partial charge in [0.05, 0.1) is 25.9 Å². The third-order valence-corrected chi connectivity index (χ3v) is 7.88. The predicted molar refractivity (Wildman–Crippen MR) is 167 cm³/mol. The number of para-hydroxylation sites is 1. The number of amides is 2. The van der Waals surface area contributed by atoms with Crippen LogP contribution in [0.25, 0.3) is 0 Å². The molecule has 1 saturated heterocycles. The summed E-state index contributed by atoms with van der Waals surface area (Å²) in [7, 11) is 0. The quantitative estimate of drug-likeness (QED) is 0.196. The van der Waals surface area contributed by atoms with Crippen LogP contribution in [0.2, 0.25) is 5.02 Å². The lowest BCUT2D eigenvalue weighted by molar-refractivity contribution is -0.163. The summed E-state index contributed by atoms with van der Waals surface area (Å²) < 4.78 is 83.7. The van der Waals surface area contributed by atoms with Gasteiger partial charge >= 0.3 is 12.4 Å². The molecule has 3 aromatic rings. The van der Waals surface area contributed by atoms with Crippen molar-refractivity contribution in [1.82, 2.24) is 15.5 Å². The highest BCUT2D eigenvalue weighted by molar-refractivity contribution is 6.31. The molecule has 254 valence electrons. The van der Waals surface area contributed by atoms with E-state index in [0.29, 0.717) is 48.9 Å². The summed E-state index contributed by atoms with van der Waals surface area (Å²) in [6.07, 6.45) is -12.7. The minimum atomic E-state index is -4.78. The molecule has 14 heteroatoms. The van der Waals surface area contributed by atoms with E-state index in [-0.39, 0.29) is 42.5 Å². The number of hydrogen-bond acceptors (Lipinski definition) is 5. The lowest BCUT2D eigenvalue weighted by atomic mass is 9.91. The molecular weight excluding hydrogens is 650 g/mol. The second-order valence-corrected chi connectivity index (χ2v) is 11.6. The Kier molecular flexibility index (Phi) is 12.4. The van der Waals surface area contributed by atoms with Crippen LogP contribution < -0.4 is 20.3 Å².